The van der Waals surface area contributed by atoms with Gasteiger partial charge in [0.15, 0.2) is 0 Å². The number of hydrogen-bond donors (Lipinski definition) is 2. The van der Waals surface area contributed by atoms with Crippen LogP contribution in [-0.4, -0.2) is 14.5 Å². The normalized spacial score (nSPS) is 16.2. The van der Waals surface area contributed by atoms with Crippen LogP contribution in [-0.2, 0) is 10.0 Å². The third-order valence-corrected chi connectivity index (χ3v) is 3.61. The van der Waals surface area contributed by atoms with Gasteiger partial charge in [0.1, 0.15) is 15.7 Å². The van der Waals surface area contributed by atoms with Gasteiger partial charge in [-0.1, -0.05) is 11.6 Å². The molecule has 0 aromatic heterocycles. The predicted molar refractivity (Wildman–Crippen MR) is 59.4 cm³/mol. The van der Waals surface area contributed by atoms with E-state index in [1.807, 2.05) is 0 Å². The molecule has 0 aliphatic heterocycles. The zero-order chi connectivity index (χ0) is 11.9. The van der Waals surface area contributed by atoms with E-state index in [1.54, 1.807) is 0 Å². The summed E-state index contributed by atoms with van der Waals surface area (Å²) in [5, 5.41) is 7.66. The Hall–Kier alpha value is -0.850. The van der Waals surface area contributed by atoms with Crippen LogP contribution in [0.3, 0.4) is 0 Å². The molecule has 0 spiro atoms. The van der Waals surface area contributed by atoms with E-state index in [4.69, 9.17) is 16.7 Å². The third kappa shape index (κ3) is 2.28. The first-order chi connectivity index (χ1) is 7.39. The van der Waals surface area contributed by atoms with E-state index in [2.05, 4.69) is 5.32 Å². The maximum Gasteiger partial charge on any atom is 0.240 e. The van der Waals surface area contributed by atoms with E-state index >= 15 is 0 Å². The van der Waals surface area contributed by atoms with Gasteiger partial charge in [-0.2, -0.15) is 0 Å². The number of anilines is 1. The van der Waals surface area contributed by atoms with Crippen LogP contribution in [0.25, 0.3) is 0 Å². The van der Waals surface area contributed by atoms with Crippen LogP contribution in [0, 0.1) is 5.82 Å². The van der Waals surface area contributed by atoms with E-state index in [-0.39, 0.29) is 21.6 Å². The van der Waals surface area contributed by atoms with Crippen molar-refractivity contribution in [2.75, 3.05) is 5.32 Å². The topological polar surface area (TPSA) is 72.2 Å². The maximum atomic E-state index is 13.2. The average molecular weight is 265 g/mol. The lowest BCUT2D eigenvalue weighted by Gasteiger charge is -2.12. The highest BCUT2D eigenvalue weighted by molar-refractivity contribution is 7.89. The molecule has 0 atom stereocenters. The first-order valence-corrected chi connectivity index (χ1v) is 6.59. The number of sulfonamides is 1. The molecule has 1 aliphatic rings. The Kier molecular flexibility index (Phi) is 2.81. The number of primary sulfonamides is 1. The lowest BCUT2D eigenvalue weighted by molar-refractivity contribution is 0.597. The number of hydrogen-bond acceptors (Lipinski definition) is 3. The standard InChI is InChI=1S/C9H10ClFN2O2S/c10-8-6(11)3-4-7(16(12,14)15)9(8)13-5-1-2-5/h3-5,13H,1-2H2,(H2,12,14,15). The van der Waals surface area contributed by atoms with Crippen LogP contribution < -0.4 is 10.5 Å². The van der Waals surface area contributed by atoms with Crippen LogP contribution >= 0.6 is 11.6 Å². The fourth-order valence-corrected chi connectivity index (χ4v) is 2.31. The average Bonchev–Trinajstić information content (AvgIpc) is 2.95. The molecule has 1 aromatic rings. The molecule has 1 aromatic carbocycles. The van der Waals surface area contributed by atoms with Crippen LogP contribution in [0.5, 0.6) is 0 Å². The Bertz CT molecular complexity index is 529. The fourth-order valence-electron chi connectivity index (χ4n) is 1.34. The summed E-state index contributed by atoms with van der Waals surface area (Å²) in [4.78, 5) is -0.175. The molecular formula is C9H10ClFN2O2S. The molecule has 0 radical (unpaired) electrons. The van der Waals surface area contributed by atoms with Gasteiger partial charge in [0.25, 0.3) is 0 Å². The molecule has 0 amide bonds. The fraction of sp³-hybridized carbons (Fsp3) is 0.333. The number of halogens is 2. The van der Waals surface area contributed by atoms with Crippen molar-refractivity contribution in [2.24, 2.45) is 5.14 Å². The molecule has 2 rings (SSSR count). The van der Waals surface area contributed by atoms with Gasteiger partial charge in [-0.15, -0.1) is 0 Å². The van der Waals surface area contributed by atoms with E-state index < -0.39 is 15.8 Å². The second-order valence-corrected chi connectivity index (χ2v) is 5.61. The summed E-state index contributed by atoms with van der Waals surface area (Å²) in [7, 11) is -3.90. The minimum absolute atomic E-state index is 0.0617. The van der Waals surface area contributed by atoms with Gasteiger partial charge in [-0.25, -0.2) is 17.9 Å². The highest BCUT2D eigenvalue weighted by Gasteiger charge is 2.26. The molecule has 7 heteroatoms. The Morgan fingerprint density at radius 3 is 2.56 bits per heavy atom. The van der Waals surface area contributed by atoms with Gasteiger partial charge >= 0.3 is 0 Å². The number of rotatable bonds is 3. The summed E-state index contributed by atoms with van der Waals surface area (Å²) in [6.45, 7) is 0. The molecule has 0 bridgehead atoms. The zero-order valence-corrected chi connectivity index (χ0v) is 9.78. The Balaban J connectivity index is 2.54. The quantitative estimate of drug-likeness (QED) is 0.873. The van der Waals surface area contributed by atoms with Crippen molar-refractivity contribution in [2.45, 2.75) is 23.8 Å². The SMILES string of the molecule is NS(=O)(=O)c1ccc(F)c(Cl)c1NC1CC1. The van der Waals surface area contributed by atoms with E-state index in [0.29, 0.717) is 0 Å². The maximum absolute atomic E-state index is 13.2. The molecule has 0 saturated heterocycles. The second kappa shape index (κ2) is 3.87. The van der Waals surface area contributed by atoms with Crippen molar-refractivity contribution in [1.82, 2.24) is 0 Å². The van der Waals surface area contributed by atoms with Crippen LogP contribution in [0.1, 0.15) is 12.8 Å². The van der Waals surface area contributed by atoms with Crippen LogP contribution in [0.15, 0.2) is 17.0 Å². The second-order valence-electron chi connectivity index (χ2n) is 3.70. The van der Waals surface area contributed by atoms with E-state index in [9.17, 15) is 12.8 Å². The summed E-state index contributed by atoms with van der Waals surface area (Å²) in [5.74, 6) is -0.669. The van der Waals surface area contributed by atoms with Gasteiger partial charge in [-0.05, 0) is 25.0 Å². The van der Waals surface area contributed by atoms with Crippen molar-refractivity contribution < 1.29 is 12.8 Å². The Labute approximate surface area is 97.6 Å². The largest absolute Gasteiger partial charge is 0.380 e. The first-order valence-electron chi connectivity index (χ1n) is 4.67. The summed E-state index contributed by atoms with van der Waals surface area (Å²) in [6.07, 6.45) is 1.83. The minimum atomic E-state index is -3.90. The molecule has 16 heavy (non-hydrogen) atoms. The summed E-state index contributed by atoms with van der Waals surface area (Å²) in [5.41, 5.74) is 0.0617. The molecule has 4 nitrogen and oxygen atoms in total. The summed E-state index contributed by atoms with van der Waals surface area (Å²) in [6, 6.07) is 2.25. The highest BCUT2D eigenvalue weighted by Crippen LogP contribution is 2.35. The highest BCUT2D eigenvalue weighted by atomic mass is 35.5. The zero-order valence-electron chi connectivity index (χ0n) is 8.20. The lowest BCUT2D eigenvalue weighted by atomic mass is 10.3. The van der Waals surface area contributed by atoms with Crippen molar-refractivity contribution in [3.8, 4) is 0 Å². The van der Waals surface area contributed by atoms with Crippen molar-refractivity contribution in [3.05, 3.63) is 23.0 Å². The monoisotopic (exact) mass is 264 g/mol. The molecule has 0 unspecified atom stereocenters. The smallest absolute Gasteiger partial charge is 0.240 e. The molecular weight excluding hydrogens is 255 g/mol. The minimum Gasteiger partial charge on any atom is -0.380 e. The van der Waals surface area contributed by atoms with Gasteiger partial charge in [-0.3, -0.25) is 0 Å². The van der Waals surface area contributed by atoms with E-state index in [0.717, 1.165) is 25.0 Å². The van der Waals surface area contributed by atoms with Crippen LogP contribution in [0.4, 0.5) is 10.1 Å². The third-order valence-electron chi connectivity index (χ3n) is 2.29. The predicted octanol–water partition coefficient (Wildman–Crippen LogP) is 1.70. The van der Waals surface area contributed by atoms with Gasteiger partial charge in [0.2, 0.25) is 10.0 Å². The van der Waals surface area contributed by atoms with Crippen LogP contribution in [0.2, 0.25) is 5.02 Å². The molecule has 0 heterocycles. The molecule has 1 saturated carbocycles. The molecule has 1 fully saturated rings. The van der Waals surface area contributed by atoms with Crippen molar-refractivity contribution in [1.29, 1.82) is 0 Å². The van der Waals surface area contributed by atoms with Gasteiger partial charge in [0.05, 0.1) is 5.69 Å². The van der Waals surface area contributed by atoms with Gasteiger partial charge in [0, 0.05) is 6.04 Å². The Morgan fingerprint density at radius 2 is 2.06 bits per heavy atom. The molecule has 88 valence electrons. The first kappa shape index (κ1) is 11.6. The molecule has 1 aliphatic carbocycles. The number of nitrogens with two attached hydrogens (primary N) is 1. The lowest BCUT2D eigenvalue weighted by Crippen LogP contribution is -2.16. The summed E-state index contributed by atoms with van der Waals surface area (Å²) >= 11 is 5.72. The summed E-state index contributed by atoms with van der Waals surface area (Å²) < 4.78 is 35.8. The van der Waals surface area contributed by atoms with E-state index in [1.165, 1.54) is 0 Å². The van der Waals surface area contributed by atoms with Crippen molar-refractivity contribution >= 4 is 27.3 Å². The van der Waals surface area contributed by atoms with Gasteiger partial charge < -0.3 is 5.32 Å². The molecule has 3 N–H and O–H groups in total. The number of nitrogens with one attached hydrogen (secondary N) is 1. The van der Waals surface area contributed by atoms with Crippen molar-refractivity contribution in [3.63, 3.8) is 0 Å². The number of benzene rings is 1. The Morgan fingerprint density at radius 1 is 1.44 bits per heavy atom.